The van der Waals surface area contributed by atoms with Crippen LogP contribution in [0.4, 0.5) is 0 Å². The van der Waals surface area contributed by atoms with Crippen LogP contribution in [-0.2, 0) is 22.7 Å². The van der Waals surface area contributed by atoms with Crippen molar-refractivity contribution < 1.29 is 14.1 Å². The molecule has 0 aliphatic carbocycles. The van der Waals surface area contributed by atoms with E-state index in [9.17, 15) is 9.59 Å². The van der Waals surface area contributed by atoms with Crippen molar-refractivity contribution in [3.8, 4) is 0 Å². The summed E-state index contributed by atoms with van der Waals surface area (Å²) in [5.74, 6) is 0.421. The van der Waals surface area contributed by atoms with Crippen LogP contribution in [0.15, 0.2) is 47.1 Å². The summed E-state index contributed by atoms with van der Waals surface area (Å²) in [5, 5.41) is 6.49. The summed E-state index contributed by atoms with van der Waals surface area (Å²) in [6.45, 7) is 2.32. The first-order chi connectivity index (χ1) is 12.1. The molecule has 0 unspecified atom stereocenters. The van der Waals surface area contributed by atoms with Crippen molar-refractivity contribution in [1.29, 1.82) is 0 Å². The number of nitrogens with zero attached hydrogens (tertiary/aromatic N) is 3. The standard InChI is InChI=1S/C18H22N4O3/c1-21(13-15-7-8-20-25-15)17(23)11-16-18(24)19-9-10-22(16)12-14-5-3-2-4-6-14/h2-8,16H,9-13H2,1H3,(H,19,24)/t16-/m0/s1. The minimum absolute atomic E-state index is 0.0939. The lowest BCUT2D eigenvalue weighted by Crippen LogP contribution is -2.56. The number of rotatable bonds is 6. The first-order valence-electron chi connectivity index (χ1n) is 8.32. The maximum Gasteiger partial charge on any atom is 0.237 e. The number of hydrogen-bond acceptors (Lipinski definition) is 5. The average Bonchev–Trinajstić information content (AvgIpc) is 3.11. The highest BCUT2D eigenvalue weighted by Crippen LogP contribution is 2.15. The molecule has 2 amide bonds. The normalized spacial score (nSPS) is 18.0. The molecular formula is C18H22N4O3. The molecule has 7 heteroatoms. The fraction of sp³-hybridized carbons (Fsp3) is 0.389. The quantitative estimate of drug-likeness (QED) is 0.848. The Morgan fingerprint density at radius 3 is 2.88 bits per heavy atom. The number of amides is 2. The Kier molecular flexibility index (Phi) is 5.45. The first kappa shape index (κ1) is 17.2. The van der Waals surface area contributed by atoms with Gasteiger partial charge < -0.3 is 14.7 Å². The lowest BCUT2D eigenvalue weighted by Gasteiger charge is -2.35. The molecule has 1 aliphatic heterocycles. The van der Waals surface area contributed by atoms with Gasteiger partial charge in [-0.25, -0.2) is 0 Å². The van der Waals surface area contributed by atoms with Gasteiger partial charge in [0.2, 0.25) is 11.8 Å². The maximum absolute atomic E-state index is 12.5. The fourth-order valence-electron chi connectivity index (χ4n) is 2.96. The topological polar surface area (TPSA) is 78.7 Å². The van der Waals surface area contributed by atoms with Gasteiger partial charge in [-0.3, -0.25) is 14.5 Å². The average molecular weight is 342 g/mol. The molecule has 1 aromatic heterocycles. The van der Waals surface area contributed by atoms with Crippen LogP contribution in [0.2, 0.25) is 0 Å². The highest BCUT2D eigenvalue weighted by Gasteiger charge is 2.32. The number of aromatic nitrogens is 1. The van der Waals surface area contributed by atoms with Crippen molar-refractivity contribution in [2.45, 2.75) is 25.6 Å². The molecule has 0 saturated carbocycles. The number of carbonyl (C=O) groups is 2. The molecule has 2 heterocycles. The monoisotopic (exact) mass is 342 g/mol. The third-order valence-electron chi connectivity index (χ3n) is 4.35. The van der Waals surface area contributed by atoms with Gasteiger partial charge in [-0.15, -0.1) is 0 Å². The highest BCUT2D eigenvalue weighted by atomic mass is 16.5. The fourth-order valence-corrected chi connectivity index (χ4v) is 2.96. The predicted octanol–water partition coefficient (Wildman–Crippen LogP) is 1.02. The predicted molar refractivity (Wildman–Crippen MR) is 91.2 cm³/mol. The van der Waals surface area contributed by atoms with E-state index in [0.29, 0.717) is 25.4 Å². The molecule has 25 heavy (non-hydrogen) atoms. The number of piperazine rings is 1. The van der Waals surface area contributed by atoms with Crippen LogP contribution >= 0.6 is 0 Å². The van der Waals surface area contributed by atoms with Crippen LogP contribution in [0.5, 0.6) is 0 Å². The summed E-state index contributed by atoms with van der Waals surface area (Å²) >= 11 is 0. The summed E-state index contributed by atoms with van der Waals surface area (Å²) in [5.41, 5.74) is 1.13. The second-order valence-corrected chi connectivity index (χ2v) is 6.20. The van der Waals surface area contributed by atoms with Crippen LogP contribution in [-0.4, -0.2) is 52.9 Å². The first-order valence-corrected chi connectivity index (χ1v) is 8.32. The third kappa shape index (κ3) is 4.45. The Labute approximate surface area is 146 Å². The lowest BCUT2D eigenvalue weighted by molar-refractivity contribution is -0.138. The Hall–Kier alpha value is -2.67. The van der Waals surface area contributed by atoms with Crippen molar-refractivity contribution >= 4 is 11.8 Å². The summed E-state index contributed by atoms with van der Waals surface area (Å²) in [4.78, 5) is 28.5. The Morgan fingerprint density at radius 2 is 2.16 bits per heavy atom. The molecule has 7 nitrogen and oxygen atoms in total. The Morgan fingerprint density at radius 1 is 1.36 bits per heavy atom. The zero-order valence-electron chi connectivity index (χ0n) is 14.2. The molecule has 1 aliphatic rings. The van der Waals surface area contributed by atoms with E-state index in [-0.39, 0.29) is 18.2 Å². The highest BCUT2D eigenvalue weighted by molar-refractivity contribution is 5.88. The van der Waals surface area contributed by atoms with Gasteiger partial charge in [-0.1, -0.05) is 35.5 Å². The van der Waals surface area contributed by atoms with E-state index in [1.807, 2.05) is 30.3 Å². The van der Waals surface area contributed by atoms with Gasteiger partial charge in [0, 0.05) is 32.7 Å². The minimum Gasteiger partial charge on any atom is -0.360 e. The molecule has 0 radical (unpaired) electrons. The molecule has 1 fully saturated rings. The molecular weight excluding hydrogens is 320 g/mol. The van der Waals surface area contributed by atoms with E-state index < -0.39 is 6.04 Å². The van der Waals surface area contributed by atoms with E-state index in [1.54, 1.807) is 24.2 Å². The summed E-state index contributed by atoms with van der Waals surface area (Å²) in [6, 6.07) is 11.2. The SMILES string of the molecule is CN(Cc1ccno1)C(=O)C[C@H]1C(=O)NCCN1Cc1ccccc1. The zero-order valence-corrected chi connectivity index (χ0v) is 14.2. The van der Waals surface area contributed by atoms with Gasteiger partial charge in [0.05, 0.1) is 25.2 Å². The molecule has 1 saturated heterocycles. The number of carbonyl (C=O) groups excluding carboxylic acids is 2. The summed E-state index contributed by atoms with van der Waals surface area (Å²) in [6.07, 6.45) is 1.69. The van der Waals surface area contributed by atoms with Gasteiger partial charge in [0.25, 0.3) is 0 Å². The van der Waals surface area contributed by atoms with Gasteiger partial charge in [0.15, 0.2) is 5.76 Å². The van der Waals surface area contributed by atoms with E-state index in [4.69, 9.17) is 4.52 Å². The van der Waals surface area contributed by atoms with E-state index in [2.05, 4.69) is 15.4 Å². The molecule has 3 rings (SSSR count). The van der Waals surface area contributed by atoms with Crippen molar-refractivity contribution in [2.24, 2.45) is 0 Å². The number of hydrogen-bond donors (Lipinski definition) is 1. The summed E-state index contributed by atoms with van der Waals surface area (Å²) < 4.78 is 5.03. The molecule has 1 atom stereocenters. The molecule has 132 valence electrons. The van der Waals surface area contributed by atoms with Crippen molar-refractivity contribution in [3.05, 3.63) is 53.9 Å². The van der Waals surface area contributed by atoms with Crippen molar-refractivity contribution in [1.82, 2.24) is 20.3 Å². The maximum atomic E-state index is 12.5. The second kappa shape index (κ2) is 7.94. The van der Waals surface area contributed by atoms with Gasteiger partial charge >= 0.3 is 0 Å². The van der Waals surface area contributed by atoms with Gasteiger partial charge in [-0.2, -0.15) is 0 Å². The van der Waals surface area contributed by atoms with Crippen LogP contribution < -0.4 is 5.32 Å². The van der Waals surface area contributed by atoms with E-state index in [1.165, 1.54) is 0 Å². The largest absolute Gasteiger partial charge is 0.360 e. The van der Waals surface area contributed by atoms with Crippen LogP contribution in [0.25, 0.3) is 0 Å². The Balaban J connectivity index is 1.64. The summed E-state index contributed by atoms with van der Waals surface area (Å²) in [7, 11) is 1.70. The van der Waals surface area contributed by atoms with Crippen LogP contribution in [0.3, 0.4) is 0 Å². The van der Waals surface area contributed by atoms with E-state index in [0.717, 1.165) is 12.1 Å². The van der Waals surface area contributed by atoms with E-state index >= 15 is 0 Å². The molecule has 0 spiro atoms. The Bertz CT molecular complexity index is 702. The molecule has 1 N–H and O–H groups in total. The van der Waals surface area contributed by atoms with Crippen LogP contribution in [0, 0.1) is 0 Å². The molecule has 0 bridgehead atoms. The van der Waals surface area contributed by atoms with Gasteiger partial charge in [-0.05, 0) is 5.56 Å². The number of benzene rings is 1. The third-order valence-corrected chi connectivity index (χ3v) is 4.35. The van der Waals surface area contributed by atoms with Crippen molar-refractivity contribution in [3.63, 3.8) is 0 Å². The molecule has 1 aromatic carbocycles. The lowest BCUT2D eigenvalue weighted by atomic mass is 10.1. The second-order valence-electron chi connectivity index (χ2n) is 6.20. The van der Waals surface area contributed by atoms with Gasteiger partial charge in [0.1, 0.15) is 0 Å². The van der Waals surface area contributed by atoms with Crippen molar-refractivity contribution in [2.75, 3.05) is 20.1 Å². The smallest absolute Gasteiger partial charge is 0.237 e. The van der Waals surface area contributed by atoms with Crippen LogP contribution in [0.1, 0.15) is 17.7 Å². The zero-order chi connectivity index (χ0) is 17.6. The number of nitrogens with one attached hydrogen (secondary N) is 1. The minimum atomic E-state index is -0.460. The molecule has 2 aromatic rings.